The van der Waals surface area contributed by atoms with Crippen LogP contribution in [0.4, 0.5) is 5.82 Å². The molecule has 28 heavy (non-hydrogen) atoms. The highest BCUT2D eigenvalue weighted by atomic mass is 32.1. The van der Waals surface area contributed by atoms with Crippen molar-refractivity contribution in [2.45, 2.75) is 13.0 Å². The van der Waals surface area contributed by atoms with Gasteiger partial charge in [0.1, 0.15) is 11.6 Å². The summed E-state index contributed by atoms with van der Waals surface area (Å²) in [6.45, 7) is 3.81. The van der Waals surface area contributed by atoms with Crippen molar-refractivity contribution in [2.24, 2.45) is 7.05 Å². The number of carbonyl (C=O) groups excluding carboxylic acids is 1. The number of rotatable bonds is 3. The monoisotopic (exact) mass is 393 g/mol. The van der Waals surface area contributed by atoms with Crippen molar-refractivity contribution in [3.05, 3.63) is 46.5 Å². The minimum Gasteiger partial charge on any atom is -0.349 e. The quantitative estimate of drug-likeness (QED) is 0.677. The molecule has 142 valence electrons. The van der Waals surface area contributed by atoms with Crippen LogP contribution in [0.2, 0.25) is 0 Å². The van der Waals surface area contributed by atoms with Crippen LogP contribution in [0.1, 0.15) is 22.2 Å². The number of hydrogen-bond acceptors (Lipinski definition) is 7. The van der Waals surface area contributed by atoms with E-state index in [4.69, 9.17) is 0 Å². The molecular formula is C19H19N7OS. The number of aryl methyl sites for hydroxylation is 1. The molecule has 9 heteroatoms. The topological polar surface area (TPSA) is 90.9 Å². The summed E-state index contributed by atoms with van der Waals surface area (Å²) in [5.74, 6) is 1.19. The van der Waals surface area contributed by atoms with Crippen molar-refractivity contribution >= 4 is 23.1 Å². The lowest BCUT2D eigenvalue weighted by atomic mass is 10.1. The number of hydrogen-bond donors (Lipinski definition) is 0. The van der Waals surface area contributed by atoms with Crippen LogP contribution in [0.3, 0.4) is 0 Å². The molecule has 0 radical (unpaired) electrons. The van der Waals surface area contributed by atoms with Gasteiger partial charge in [0.2, 0.25) is 0 Å². The van der Waals surface area contributed by atoms with Crippen LogP contribution < -0.4 is 4.90 Å². The molecule has 0 bridgehead atoms. The van der Waals surface area contributed by atoms with Crippen LogP contribution in [0, 0.1) is 11.3 Å². The standard InChI is InChI=1S/C19H19N7OS/c1-13-11-25(19(27)16-4-3-7-28-16)5-6-26(13)18-14(8-20)9-21-17(23-18)15-10-22-24(2)12-15/h3-4,7,9-10,12-13H,5-6,11H2,1-2H3. The van der Waals surface area contributed by atoms with Crippen molar-refractivity contribution in [3.8, 4) is 17.5 Å². The first-order valence-electron chi connectivity index (χ1n) is 8.92. The third-order valence-corrected chi connectivity index (χ3v) is 5.63. The summed E-state index contributed by atoms with van der Waals surface area (Å²) in [6.07, 6.45) is 5.10. The van der Waals surface area contributed by atoms with Crippen molar-refractivity contribution < 1.29 is 4.79 Å². The van der Waals surface area contributed by atoms with E-state index in [0.717, 1.165) is 10.4 Å². The smallest absolute Gasteiger partial charge is 0.264 e. The molecule has 1 atom stereocenters. The van der Waals surface area contributed by atoms with Gasteiger partial charge in [-0.3, -0.25) is 9.48 Å². The Morgan fingerprint density at radius 1 is 1.36 bits per heavy atom. The molecule has 4 heterocycles. The second-order valence-corrected chi connectivity index (χ2v) is 7.66. The Labute approximate surface area is 166 Å². The summed E-state index contributed by atoms with van der Waals surface area (Å²) in [5, 5.41) is 15.6. The summed E-state index contributed by atoms with van der Waals surface area (Å²) in [5.41, 5.74) is 1.23. The van der Waals surface area contributed by atoms with Crippen molar-refractivity contribution in [2.75, 3.05) is 24.5 Å². The maximum absolute atomic E-state index is 12.6. The van der Waals surface area contributed by atoms with Gasteiger partial charge < -0.3 is 9.80 Å². The second-order valence-electron chi connectivity index (χ2n) is 6.72. The molecule has 1 aliphatic rings. The first-order valence-corrected chi connectivity index (χ1v) is 9.80. The maximum atomic E-state index is 12.6. The average molecular weight is 393 g/mol. The van der Waals surface area contributed by atoms with E-state index >= 15 is 0 Å². The summed E-state index contributed by atoms with van der Waals surface area (Å²) < 4.78 is 1.69. The molecule has 1 saturated heterocycles. The van der Waals surface area contributed by atoms with Gasteiger partial charge in [-0.1, -0.05) is 6.07 Å². The largest absolute Gasteiger partial charge is 0.349 e. The van der Waals surface area contributed by atoms with Crippen LogP contribution in [-0.4, -0.2) is 56.2 Å². The molecule has 0 saturated carbocycles. The highest BCUT2D eigenvalue weighted by molar-refractivity contribution is 7.12. The predicted octanol–water partition coefficient (Wildman–Crippen LogP) is 2.16. The molecule has 0 aliphatic carbocycles. The third-order valence-electron chi connectivity index (χ3n) is 4.77. The minimum atomic E-state index is 0.0291. The zero-order valence-corrected chi connectivity index (χ0v) is 16.4. The Kier molecular flexibility index (Phi) is 4.79. The van der Waals surface area contributed by atoms with E-state index < -0.39 is 0 Å². The van der Waals surface area contributed by atoms with E-state index in [1.54, 1.807) is 17.1 Å². The normalized spacial score (nSPS) is 16.8. The Hall–Kier alpha value is -3.25. The SMILES string of the molecule is CC1CN(C(=O)c2cccs2)CCN1c1nc(-c2cnn(C)c2)ncc1C#N. The van der Waals surface area contributed by atoms with Gasteiger partial charge in [-0.2, -0.15) is 10.4 Å². The molecule has 1 aliphatic heterocycles. The van der Waals surface area contributed by atoms with Crippen LogP contribution in [-0.2, 0) is 7.05 Å². The molecule has 1 unspecified atom stereocenters. The number of amides is 1. The van der Waals surface area contributed by atoms with E-state index in [-0.39, 0.29) is 11.9 Å². The molecule has 3 aromatic rings. The molecule has 1 amide bonds. The fourth-order valence-electron chi connectivity index (χ4n) is 3.36. The molecule has 1 fully saturated rings. The van der Waals surface area contributed by atoms with E-state index in [1.807, 2.05) is 42.6 Å². The fourth-order valence-corrected chi connectivity index (χ4v) is 4.05. The van der Waals surface area contributed by atoms with Crippen molar-refractivity contribution in [1.29, 1.82) is 5.26 Å². The summed E-state index contributed by atoms with van der Waals surface area (Å²) in [7, 11) is 1.83. The van der Waals surface area contributed by atoms with Crippen LogP contribution >= 0.6 is 11.3 Å². The molecule has 8 nitrogen and oxygen atoms in total. The number of anilines is 1. The van der Waals surface area contributed by atoms with E-state index in [2.05, 4.69) is 26.0 Å². The number of piperazine rings is 1. The Morgan fingerprint density at radius 2 is 2.21 bits per heavy atom. The van der Waals surface area contributed by atoms with Crippen molar-refractivity contribution in [3.63, 3.8) is 0 Å². The first kappa shape index (κ1) is 18.1. The Morgan fingerprint density at radius 3 is 2.86 bits per heavy atom. The molecule has 4 rings (SSSR count). The Balaban J connectivity index is 1.59. The second kappa shape index (κ2) is 7.40. The number of aromatic nitrogens is 4. The number of nitriles is 1. The molecular weight excluding hydrogens is 374 g/mol. The fraction of sp³-hybridized carbons (Fsp3) is 0.316. The summed E-state index contributed by atoms with van der Waals surface area (Å²) in [6, 6.07) is 5.95. The van der Waals surface area contributed by atoms with Gasteiger partial charge in [0, 0.05) is 38.9 Å². The van der Waals surface area contributed by atoms with Crippen LogP contribution in [0.25, 0.3) is 11.4 Å². The number of carbonyl (C=O) groups is 1. The maximum Gasteiger partial charge on any atom is 0.264 e. The van der Waals surface area contributed by atoms with Gasteiger partial charge in [0.25, 0.3) is 5.91 Å². The van der Waals surface area contributed by atoms with Crippen LogP contribution in [0.5, 0.6) is 0 Å². The lowest BCUT2D eigenvalue weighted by Crippen LogP contribution is -2.54. The zero-order chi connectivity index (χ0) is 19.7. The van der Waals surface area contributed by atoms with Gasteiger partial charge in [-0.25, -0.2) is 9.97 Å². The zero-order valence-electron chi connectivity index (χ0n) is 15.6. The summed E-state index contributed by atoms with van der Waals surface area (Å²) >= 11 is 1.45. The average Bonchev–Trinajstić information content (AvgIpc) is 3.39. The molecule has 3 aromatic heterocycles. The summed E-state index contributed by atoms with van der Waals surface area (Å²) in [4.78, 5) is 26.3. The molecule has 0 N–H and O–H groups in total. The van der Waals surface area contributed by atoms with Gasteiger partial charge >= 0.3 is 0 Å². The lowest BCUT2D eigenvalue weighted by molar-refractivity contribution is 0.0731. The number of nitrogens with zero attached hydrogens (tertiary/aromatic N) is 7. The molecule has 0 aromatic carbocycles. The van der Waals surface area contributed by atoms with Crippen molar-refractivity contribution in [1.82, 2.24) is 24.6 Å². The highest BCUT2D eigenvalue weighted by Crippen LogP contribution is 2.26. The third kappa shape index (κ3) is 3.34. The van der Waals surface area contributed by atoms with Gasteiger partial charge in [-0.05, 0) is 18.4 Å². The van der Waals surface area contributed by atoms with Crippen LogP contribution in [0.15, 0.2) is 36.1 Å². The molecule has 0 spiro atoms. The minimum absolute atomic E-state index is 0.0291. The number of thiophene rings is 1. The Bertz CT molecular complexity index is 1040. The highest BCUT2D eigenvalue weighted by Gasteiger charge is 2.30. The predicted molar refractivity (Wildman–Crippen MR) is 106 cm³/mol. The lowest BCUT2D eigenvalue weighted by Gasteiger charge is -2.40. The van der Waals surface area contributed by atoms with Gasteiger partial charge in [0.15, 0.2) is 11.6 Å². The van der Waals surface area contributed by atoms with E-state index in [1.165, 1.54) is 11.3 Å². The van der Waals surface area contributed by atoms with E-state index in [0.29, 0.717) is 36.8 Å². The van der Waals surface area contributed by atoms with Gasteiger partial charge in [-0.15, -0.1) is 11.3 Å². The van der Waals surface area contributed by atoms with E-state index in [9.17, 15) is 10.1 Å². The first-order chi connectivity index (χ1) is 13.6. The van der Waals surface area contributed by atoms with Gasteiger partial charge in [0.05, 0.1) is 22.8 Å².